The number of carbonyl (C=O) groups excluding carboxylic acids is 2. The van der Waals surface area contributed by atoms with Crippen LogP contribution in [0, 0.1) is 12.3 Å². The van der Waals surface area contributed by atoms with E-state index in [-0.39, 0.29) is 22.5 Å². The topological polar surface area (TPSA) is 71.1 Å². The smallest absolute Gasteiger partial charge is 0.239 e. The van der Waals surface area contributed by atoms with Crippen LogP contribution < -0.4 is 10.6 Å². The summed E-state index contributed by atoms with van der Waals surface area (Å²) in [5, 5.41) is 6.29. The molecule has 1 aromatic heterocycles. The fourth-order valence-electron chi connectivity index (χ4n) is 3.09. The molecule has 2 aromatic carbocycles. The maximum atomic E-state index is 12.9. The van der Waals surface area contributed by atoms with Crippen molar-refractivity contribution >= 4 is 55.9 Å². The van der Waals surface area contributed by atoms with Gasteiger partial charge in [0.15, 0.2) is 5.13 Å². The first-order valence-corrected chi connectivity index (χ1v) is 12.1. The number of nitrogens with one attached hydrogen (secondary N) is 2. The van der Waals surface area contributed by atoms with Crippen LogP contribution in [0.5, 0.6) is 0 Å². The van der Waals surface area contributed by atoms with Crippen LogP contribution in [0.2, 0.25) is 0 Å². The maximum Gasteiger partial charge on any atom is 0.239 e. The van der Waals surface area contributed by atoms with Gasteiger partial charge in [-0.3, -0.25) is 9.59 Å². The van der Waals surface area contributed by atoms with E-state index < -0.39 is 0 Å². The second-order valence-corrected chi connectivity index (χ2v) is 11.1. The van der Waals surface area contributed by atoms with Gasteiger partial charge in [-0.25, -0.2) is 4.98 Å². The number of thiazole rings is 1. The lowest BCUT2D eigenvalue weighted by Gasteiger charge is -2.18. The predicted octanol–water partition coefficient (Wildman–Crippen LogP) is 6.49. The lowest BCUT2D eigenvalue weighted by molar-refractivity contribution is -0.118. The minimum Gasteiger partial charge on any atom is -0.326 e. The first-order chi connectivity index (χ1) is 14.6. The average Bonchev–Trinajstić information content (AvgIpc) is 3.05. The van der Waals surface area contributed by atoms with Gasteiger partial charge in [-0.1, -0.05) is 51.2 Å². The number of nitrogens with zero attached hydrogens (tertiary/aromatic N) is 1. The molecule has 1 atom stereocenters. The van der Waals surface area contributed by atoms with Crippen molar-refractivity contribution in [1.29, 1.82) is 0 Å². The number of benzene rings is 2. The summed E-state index contributed by atoms with van der Waals surface area (Å²) in [4.78, 5) is 30.6. The third-order valence-corrected chi connectivity index (χ3v) is 6.82. The van der Waals surface area contributed by atoms with Gasteiger partial charge in [-0.05, 0) is 54.7 Å². The first kappa shape index (κ1) is 23.3. The molecule has 0 spiro atoms. The zero-order valence-electron chi connectivity index (χ0n) is 18.6. The largest absolute Gasteiger partial charge is 0.326 e. The molecule has 31 heavy (non-hydrogen) atoms. The van der Waals surface area contributed by atoms with Crippen LogP contribution >= 0.6 is 23.1 Å². The van der Waals surface area contributed by atoms with E-state index in [2.05, 4.69) is 21.7 Å². The number of hydrogen-bond donors (Lipinski definition) is 2. The number of carbonyl (C=O) groups is 2. The number of fused-ring (bicyclic) bond motifs is 1. The van der Waals surface area contributed by atoms with E-state index in [1.54, 1.807) is 0 Å². The predicted molar refractivity (Wildman–Crippen MR) is 132 cm³/mol. The highest BCUT2D eigenvalue weighted by molar-refractivity contribution is 8.00. The highest BCUT2D eigenvalue weighted by atomic mass is 32.2. The Hall–Kier alpha value is -2.38. The summed E-state index contributed by atoms with van der Waals surface area (Å²) in [6, 6.07) is 13.7. The summed E-state index contributed by atoms with van der Waals surface area (Å²) in [5.41, 5.74) is 2.74. The second kappa shape index (κ2) is 9.83. The highest BCUT2D eigenvalue weighted by Gasteiger charge is 2.20. The highest BCUT2D eigenvalue weighted by Crippen LogP contribution is 2.31. The molecule has 0 aliphatic heterocycles. The van der Waals surface area contributed by atoms with Crippen LogP contribution in [0.25, 0.3) is 10.2 Å². The molecular formula is C24H29N3O2S2. The molecule has 0 radical (unpaired) electrons. The molecule has 3 aromatic rings. The number of rotatable bonds is 7. The van der Waals surface area contributed by atoms with Gasteiger partial charge < -0.3 is 10.6 Å². The van der Waals surface area contributed by atoms with Crippen LogP contribution in [0.4, 0.5) is 10.8 Å². The van der Waals surface area contributed by atoms with Gasteiger partial charge in [0.25, 0.3) is 0 Å². The Morgan fingerprint density at radius 3 is 2.61 bits per heavy atom. The molecule has 2 amide bonds. The van der Waals surface area contributed by atoms with Gasteiger partial charge in [0.05, 0.1) is 15.5 Å². The zero-order valence-corrected chi connectivity index (χ0v) is 20.2. The summed E-state index contributed by atoms with van der Waals surface area (Å²) < 4.78 is 1.06. The number of hydrogen-bond acceptors (Lipinski definition) is 5. The summed E-state index contributed by atoms with van der Waals surface area (Å²) in [7, 11) is 0. The Labute approximate surface area is 192 Å². The van der Waals surface area contributed by atoms with Gasteiger partial charge in [0, 0.05) is 17.0 Å². The van der Waals surface area contributed by atoms with Crippen molar-refractivity contribution in [2.75, 3.05) is 10.6 Å². The number of anilines is 2. The summed E-state index contributed by atoms with van der Waals surface area (Å²) in [6.45, 7) is 10.1. The van der Waals surface area contributed by atoms with Crippen LogP contribution in [0.3, 0.4) is 0 Å². The first-order valence-electron chi connectivity index (χ1n) is 10.4. The van der Waals surface area contributed by atoms with Crippen molar-refractivity contribution in [2.45, 2.75) is 57.6 Å². The Balaban J connectivity index is 1.65. The molecule has 7 heteroatoms. The van der Waals surface area contributed by atoms with Gasteiger partial charge in [-0.15, -0.1) is 11.8 Å². The number of aromatic nitrogens is 1. The van der Waals surface area contributed by atoms with Crippen LogP contribution in [-0.2, 0) is 9.59 Å². The second-order valence-electron chi connectivity index (χ2n) is 8.81. The van der Waals surface area contributed by atoms with E-state index in [0.29, 0.717) is 18.0 Å². The SMILES string of the molecule is CCC(Sc1cccc(NC(=O)CC(C)(C)C)c1)C(=O)Nc1nc2ccc(C)cc2s1. The van der Waals surface area contributed by atoms with Crippen molar-refractivity contribution in [1.82, 2.24) is 4.98 Å². The van der Waals surface area contributed by atoms with Gasteiger partial charge in [0.2, 0.25) is 11.8 Å². The fraction of sp³-hybridized carbons (Fsp3) is 0.375. The fourth-order valence-corrected chi connectivity index (χ4v) is 5.07. The van der Waals surface area contributed by atoms with Crippen molar-refractivity contribution in [3.05, 3.63) is 48.0 Å². The summed E-state index contributed by atoms with van der Waals surface area (Å²) in [5.74, 6) is -0.0732. The van der Waals surface area contributed by atoms with E-state index in [0.717, 1.165) is 20.8 Å². The standard InChI is InChI=1S/C24H29N3O2S2/c1-6-19(22(29)27-23-26-18-11-10-15(2)12-20(18)31-23)30-17-9-7-8-16(13-17)25-21(28)14-24(3,4)5/h7-13,19H,6,14H2,1-5H3,(H,25,28)(H,26,27,29). The average molecular weight is 456 g/mol. The third kappa shape index (κ3) is 6.80. The van der Waals surface area contributed by atoms with Gasteiger partial charge in [-0.2, -0.15) is 0 Å². The normalized spacial score (nSPS) is 12.5. The maximum absolute atomic E-state index is 12.9. The van der Waals surface area contributed by atoms with Crippen molar-refractivity contribution in [3.8, 4) is 0 Å². The van der Waals surface area contributed by atoms with Crippen LogP contribution in [0.15, 0.2) is 47.4 Å². The third-order valence-electron chi connectivity index (χ3n) is 4.52. The van der Waals surface area contributed by atoms with E-state index in [9.17, 15) is 9.59 Å². The molecule has 2 N–H and O–H groups in total. The minimum atomic E-state index is -0.255. The molecule has 3 rings (SSSR count). The Morgan fingerprint density at radius 2 is 1.90 bits per heavy atom. The van der Waals surface area contributed by atoms with Crippen LogP contribution in [-0.4, -0.2) is 22.0 Å². The molecule has 0 aliphatic rings. The molecule has 1 heterocycles. The molecular weight excluding hydrogens is 426 g/mol. The number of aryl methyl sites for hydroxylation is 1. The van der Waals surface area contributed by atoms with E-state index in [1.807, 2.05) is 71.0 Å². The van der Waals surface area contributed by atoms with E-state index in [1.165, 1.54) is 28.7 Å². The Kier molecular flexibility index (Phi) is 7.38. The molecule has 164 valence electrons. The summed E-state index contributed by atoms with van der Waals surface area (Å²) >= 11 is 2.98. The van der Waals surface area contributed by atoms with E-state index in [4.69, 9.17) is 0 Å². The summed E-state index contributed by atoms with van der Waals surface area (Å²) in [6.07, 6.45) is 1.13. The number of amides is 2. The molecule has 0 aliphatic carbocycles. The monoisotopic (exact) mass is 455 g/mol. The number of thioether (sulfide) groups is 1. The quantitative estimate of drug-likeness (QED) is 0.400. The molecule has 0 bridgehead atoms. The Morgan fingerprint density at radius 1 is 1.13 bits per heavy atom. The van der Waals surface area contributed by atoms with Crippen LogP contribution in [0.1, 0.15) is 46.1 Å². The lowest BCUT2D eigenvalue weighted by atomic mass is 9.92. The molecule has 0 fully saturated rings. The van der Waals surface area contributed by atoms with E-state index >= 15 is 0 Å². The van der Waals surface area contributed by atoms with Gasteiger partial charge >= 0.3 is 0 Å². The minimum absolute atomic E-state index is 0.00879. The molecule has 5 nitrogen and oxygen atoms in total. The van der Waals surface area contributed by atoms with Crippen molar-refractivity contribution in [3.63, 3.8) is 0 Å². The molecule has 0 saturated carbocycles. The zero-order chi connectivity index (χ0) is 22.6. The van der Waals surface area contributed by atoms with Crippen molar-refractivity contribution in [2.24, 2.45) is 5.41 Å². The molecule has 0 saturated heterocycles. The van der Waals surface area contributed by atoms with Crippen molar-refractivity contribution < 1.29 is 9.59 Å². The van der Waals surface area contributed by atoms with Gasteiger partial charge in [0.1, 0.15) is 0 Å². The lowest BCUT2D eigenvalue weighted by Crippen LogP contribution is -2.24. The Bertz CT molecular complexity index is 1090. The molecule has 1 unspecified atom stereocenters.